The third-order valence-corrected chi connectivity index (χ3v) is 6.24. The van der Waals surface area contributed by atoms with Gasteiger partial charge >= 0.3 is 0 Å². The van der Waals surface area contributed by atoms with E-state index in [1.807, 2.05) is 0 Å². The van der Waals surface area contributed by atoms with Crippen LogP contribution in [0.5, 0.6) is 0 Å². The average Bonchev–Trinajstić information content (AvgIpc) is 2.55. The first-order chi connectivity index (χ1) is 10.3. The van der Waals surface area contributed by atoms with Gasteiger partial charge in [0.2, 0.25) is 5.91 Å². The van der Waals surface area contributed by atoms with Gasteiger partial charge in [0.15, 0.2) is 0 Å². The predicted molar refractivity (Wildman–Crippen MR) is 86.1 cm³/mol. The average molecular weight is 292 g/mol. The van der Waals surface area contributed by atoms with Crippen LogP contribution in [0.25, 0.3) is 0 Å². The Labute approximate surface area is 129 Å². The van der Waals surface area contributed by atoms with Crippen LogP contribution in [0, 0.1) is 11.8 Å². The molecule has 1 saturated heterocycles. The monoisotopic (exact) mass is 292 g/mol. The SMILES string of the molecule is CCC1CCC(NC(=O)C2CCC3CCCCC3N2)CC1. The molecule has 120 valence electrons. The molecule has 3 heteroatoms. The third-order valence-electron chi connectivity index (χ3n) is 6.24. The van der Waals surface area contributed by atoms with E-state index in [-0.39, 0.29) is 11.9 Å². The maximum atomic E-state index is 12.5. The van der Waals surface area contributed by atoms with Gasteiger partial charge in [0.05, 0.1) is 6.04 Å². The van der Waals surface area contributed by atoms with Crippen LogP contribution in [-0.4, -0.2) is 24.0 Å². The second-order valence-corrected chi connectivity index (χ2v) is 7.58. The van der Waals surface area contributed by atoms with Crippen LogP contribution in [0.15, 0.2) is 0 Å². The zero-order chi connectivity index (χ0) is 14.7. The first-order valence-electron chi connectivity index (χ1n) is 9.32. The predicted octanol–water partition coefficient (Wildman–Crippen LogP) is 3.38. The highest BCUT2D eigenvalue weighted by Gasteiger charge is 2.35. The summed E-state index contributed by atoms with van der Waals surface area (Å²) in [5.41, 5.74) is 0. The summed E-state index contributed by atoms with van der Waals surface area (Å²) in [7, 11) is 0. The van der Waals surface area contributed by atoms with Crippen molar-refractivity contribution < 1.29 is 4.79 Å². The van der Waals surface area contributed by atoms with E-state index in [0.717, 1.165) is 18.3 Å². The first-order valence-corrected chi connectivity index (χ1v) is 9.32. The molecule has 0 spiro atoms. The number of rotatable bonds is 3. The summed E-state index contributed by atoms with van der Waals surface area (Å²) < 4.78 is 0. The van der Waals surface area contributed by atoms with E-state index in [0.29, 0.717) is 12.1 Å². The van der Waals surface area contributed by atoms with Gasteiger partial charge in [0, 0.05) is 12.1 Å². The second-order valence-electron chi connectivity index (χ2n) is 7.58. The molecule has 3 unspecified atom stereocenters. The molecule has 3 nitrogen and oxygen atoms in total. The summed E-state index contributed by atoms with van der Waals surface area (Å²) in [6.07, 6.45) is 13.9. The highest BCUT2D eigenvalue weighted by Crippen LogP contribution is 2.32. The molecule has 1 heterocycles. The van der Waals surface area contributed by atoms with E-state index in [9.17, 15) is 4.79 Å². The molecule has 0 aromatic heterocycles. The largest absolute Gasteiger partial charge is 0.352 e. The second kappa shape index (κ2) is 7.13. The fourth-order valence-corrected chi connectivity index (χ4v) is 4.72. The fourth-order valence-electron chi connectivity index (χ4n) is 4.72. The lowest BCUT2D eigenvalue weighted by atomic mass is 9.77. The highest BCUT2D eigenvalue weighted by atomic mass is 16.2. The van der Waals surface area contributed by atoms with Crippen LogP contribution >= 0.6 is 0 Å². The van der Waals surface area contributed by atoms with Gasteiger partial charge in [-0.3, -0.25) is 4.79 Å². The van der Waals surface area contributed by atoms with Gasteiger partial charge in [-0.2, -0.15) is 0 Å². The number of carbonyl (C=O) groups is 1. The summed E-state index contributed by atoms with van der Waals surface area (Å²) >= 11 is 0. The van der Waals surface area contributed by atoms with E-state index in [1.54, 1.807) is 0 Å². The molecule has 2 saturated carbocycles. The van der Waals surface area contributed by atoms with E-state index >= 15 is 0 Å². The van der Waals surface area contributed by atoms with Crippen LogP contribution in [0.4, 0.5) is 0 Å². The van der Waals surface area contributed by atoms with Crippen molar-refractivity contribution in [2.45, 2.75) is 95.7 Å². The van der Waals surface area contributed by atoms with Crippen molar-refractivity contribution >= 4 is 5.91 Å². The fraction of sp³-hybridized carbons (Fsp3) is 0.944. The molecule has 0 bridgehead atoms. The van der Waals surface area contributed by atoms with Gasteiger partial charge in [-0.15, -0.1) is 0 Å². The standard InChI is InChI=1S/C18H32N2O/c1-2-13-7-10-15(11-8-13)19-18(21)17-12-9-14-5-3-4-6-16(14)20-17/h13-17,20H,2-12H2,1H3,(H,19,21). The van der Waals surface area contributed by atoms with Crippen LogP contribution in [0.2, 0.25) is 0 Å². The maximum absolute atomic E-state index is 12.5. The lowest BCUT2D eigenvalue weighted by molar-refractivity contribution is -0.125. The van der Waals surface area contributed by atoms with Gasteiger partial charge in [-0.1, -0.05) is 26.2 Å². The summed E-state index contributed by atoms with van der Waals surface area (Å²) in [4.78, 5) is 12.5. The highest BCUT2D eigenvalue weighted by molar-refractivity contribution is 5.82. The third kappa shape index (κ3) is 3.80. The Kier molecular flexibility index (Phi) is 5.20. The van der Waals surface area contributed by atoms with Crippen LogP contribution in [0.3, 0.4) is 0 Å². The lowest BCUT2D eigenvalue weighted by Gasteiger charge is -2.40. The molecule has 0 radical (unpaired) electrons. The maximum Gasteiger partial charge on any atom is 0.237 e. The van der Waals surface area contributed by atoms with E-state index in [2.05, 4.69) is 17.6 Å². The minimum Gasteiger partial charge on any atom is -0.352 e. The van der Waals surface area contributed by atoms with Crippen molar-refractivity contribution in [2.24, 2.45) is 11.8 Å². The lowest BCUT2D eigenvalue weighted by Crippen LogP contribution is -2.56. The summed E-state index contributed by atoms with van der Waals surface area (Å²) in [5, 5.41) is 6.98. The Morgan fingerprint density at radius 2 is 1.76 bits per heavy atom. The molecule has 3 aliphatic rings. The zero-order valence-corrected chi connectivity index (χ0v) is 13.6. The Balaban J connectivity index is 1.45. The van der Waals surface area contributed by atoms with Crippen molar-refractivity contribution in [3.8, 4) is 0 Å². The molecular formula is C18H32N2O. The number of hydrogen-bond donors (Lipinski definition) is 2. The quantitative estimate of drug-likeness (QED) is 0.837. The number of amides is 1. The van der Waals surface area contributed by atoms with Gasteiger partial charge in [-0.05, 0) is 63.2 Å². The first kappa shape index (κ1) is 15.3. The minimum atomic E-state index is 0.0771. The number of carbonyl (C=O) groups excluding carboxylic acids is 1. The zero-order valence-electron chi connectivity index (χ0n) is 13.6. The molecular weight excluding hydrogens is 260 g/mol. The van der Waals surface area contributed by atoms with Gasteiger partial charge < -0.3 is 10.6 Å². The van der Waals surface area contributed by atoms with Crippen molar-refractivity contribution in [3.05, 3.63) is 0 Å². The number of nitrogens with one attached hydrogen (secondary N) is 2. The molecule has 21 heavy (non-hydrogen) atoms. The molecule has 3 rings (SSSR count). The molecule has 0 aromatic rings. The normalized spacial score (nSPS) is 40.3. The molecule has 3 atom stereocenters. The molecule has 2 aliphatic carbocycles. The number of piperidine rings is 1. The van der Waals surface area contributed by atoms with Crippen LogP contribution < -0.4 is 10.6 Å². The Hall–Kier alpha value is -0.570. The summed E-state index contributed by atoms with van der Waals surface area (Å²) in [5.74, 6) is 2.01. The molecule has 1 amide bonds. The summed E-state index contributed by atoms with van der Waals surface area (Å²) in [6.45, 7) is 2.29. The van der Waals surface area contributed by atoms with E-state index in [1.165, 1.54) is 64.2 Å². The van der Waals surface area contributed by atoms with Crippen LogP contribution in [-0.2, 0) is 4.79 Å². The Morgan fingerprint density at radius 3 is 2.52 bits per heavy atom. The molecule has 2 N–H and O–H groups in total. The van der Waals surface area contributed by atoms with E-state index < -0.39 is 0 Å². The Bertz CT molecular complexity index is 349. The van der Waals surface area contributed by atoms with Crippen molar-refractivity contribution in [2.75, 3.05) is 0 Å². The molecule has 3 fully saturated rings. The van der Waals surface area contributed by atoms with Gasteiger partial charge in [0.25, 0.3) is 0 Å². The van der Waals surface area contributed by atoms with Crippen molar-refractivity contribution in [3.63, 3.8) is 0 Å². The van der Waals surface area contributed by atoms with Gasteiger partial charge in [0.1, 0.15) is 0 Å². The topological polar surface area (TPSA) is 41.1 Å². The molecule has 0 aromatic carbocycles. The smallest absolute Gasteiger partial charge is 0.237 e. The van der Waals surface area contributed by atoms with Gasteiger partial charge in [-0.25, -0.2) is 0 Å². The number of hydrogen-bond acceptors (Lipinski definition) is 2. The minimum absolute atomic E-state index is 0.0771. The molecule has 1 aliphatic heterocycles. The van der Waals surface area contributed by atoms with E-state index in [4.69, 9.17) is 0 Å². The number of fused-ring (bicyclic) bond motifs is 1. The Morgan fingerprint density at radius 1 is 1.00 bits per heavy atom. The summed E-state index contributed by atoms with van der Waals surface area (Å²) in [6, 6.07) is 1.12. The van der Waals surface area contributed by atoms with Crippen molar-refractivity contribution in [1.29, 1.82) is 0 Å². The van der Waals surface area contributed by atoms with Crippen molar-refractivity contribution in [1.82, 2.24) is 10.6 Å². The van der Waals surface area contributed by atoms with Crippen LogP contribution in [0.1, 0.15) is 77.6 Å².